The summed E-state index contributed by atoms with van der Waals surface area (Å²) in [7, 11) is 0. The van der Waals surface area contributed by atoms with Crippen molar-refractivity contribution in [3.05, 3.63) is 64.0 Å². The van der Waals surface area contributed by atoms with E-state index in [0.717, 1.165) is 24.1 Å². The Morgan fingerprint density at radius 2 is 1.92 bits per heavy atom. The molecule has 0 unspecified atom stereocenters. The van der Waals surface area contributed by atoms with E-state index in [1.165, 1.54) is 17.0 Å². The fraction of sp³-hybridized carbons (Fsp3) is 0.333. The monoisotopic (exact) mass is 357 g/mol. The maximum absolute atomic E-state index is 10.9. The maximum Gasteiger partial charge on any atom is 0.407 e. The molecule has 1 amide bonds. The third-order valence-electron chi connectivity index (χ3n) is 4.52. The molecule has 2 aromatic rings. The number of hydrogen-bond acceptors (Lipinski definition) is 5. The molecule has 26 heavy (non-hydrogen) atoms. The van der Waals surface area contributed by atoms with Crippen molar-refractivity contribution in [2.45, 2.75) is 25.4 Å². The summed E-state index contributed by atoms with van der Waals surface area (Å²) in [6, 6.07) is 9.81. The van der Waals surface area contributed by atoms with E-state index in [1.807, 2.05) is 18.3 Å². The lowest BCUT2D eigenvalue weighted by atomic mass is 9.90. The first kappa shape index (κ1) is 17.7. The number of hydrogen-bond donors (Lipinski definition) is 1. The van der Waals surface area contributed by atoms with Crippen LogP contribution in [-0.2, 0) is 6.61 Å². The van der Waals surface area contributed by atoms with E-state index >= 15 is 0 Å². The Morgan fingerprint density at radius 3 is 2.46 bits per heavy atom. The first-order valence-electron chi connectivity index (χ1n) is 8.33. The number of nitrogens with zero attached hydrogens (tertiary/aromatic N) is 3. The van der Waals surface area contributed by atoms with Gasteiger partial charge in [0.2, 0.25) is 0 Å². The number of amides is 1. The average molecular weight is 357 g/mol. The van der Waals surface area contributed by atoms with Gasteiger partial charge >= 0.3 is 6.09 Å². The fourth-order valence-electron chi connectivity index (χ4n) is 2.99. The van der Waals surface area contributed by atoms with Gasteiger partial charge in [0.25, 0.3) is 5.69 Å². The van der Waals surface area contributed by atoms with E-state index in [1.54, 1.807) is 12.1 Å². The van der Waals surface area contributed by atoms with Gasteiger partial charge in [0.15, 0.2) is 0 Å². The third-order valence-corrected chi connectivity index (χ3v) is 4.52. The van der Waals surface area contributed by atoms with Gasteiger partial charge in [0.05, 0.1) is 10.6 Å². The molecule has 0 bridgehead atoms. The lowest BCUT2D eigenvalue weighted by Crippen LogP contribution is -2.36. The number of non-ortho nitro benzene ring substituents is 1. The van der Waals surface area contributed by atoms with Crippen molar-refractivity contribution in [1.29, 1.82) is 0 Å². The van der Waals surface area contributed by atoms with E-state index in [4.69, 9.17) is 9.84 Å². The van der Waals surface area contributed by atoms with Crippen molar-refractivity contribution >= 4 is 11.8 Å². The molecule has 2 heterocycles. The highest BCUT2D eigenvalue weighted by Crippen LogP contribution is 2.27. The molecule has 1 aromatic heterocycles. The SMILES string of the molecule is O=C(O)N1CCC(c2ccc(COc3ccc([N+](=O)[O-])cc3)nc2)CC1. The normalized spacial score (nSPS) is 14.8. The lowest BCUT2D eigenvalue weighted by molar-refractivity contribution is -0.384. The van der Waals surface area contributed by atoms with Gasteiger partial charge in [-0.15, -0.1) is 0 Å². The minimum atomic E-state index is -0.861. The Morgan fingerprint density at radius 1 is 1.23 bits per heavy atom. The zero-order valence-electron chi connectivity index (χ0n) is 14.1. The molecule has 0 spiro atoms. The van der Waals surface area contributed by atoms with Crippen LogP contribution in [0.2, 0.25) is 0 Å². The van der Waals surface area contributed by atoms with Gasteiger partial charge in [-0.2, -0.15) is 0 Å². The van der Waals surface area contributed by atoms with Crippen LogP contribution in [-0.4, -0.2) is 39.1 Å². The predicted octanol–water partition coefficient (Wildman–Crippen LogP) is 3.43. The van der Waals surface area contributed by atoms with Gasteiger partial charge in [-0.05, 0) is 42.5 Å². The summed E-state index contributed by atoms with van der Waals surface area (Å²) in [5.74, 6) is 0.866. The van der Waals surface area contributed by atoms with Crippen LogP contribution in [0, 0.1) is 10.1 Å². The van der Waals surface area contributed by atoms with Crippen LogP contribution in [0.3, 0.4) is 0 Å². The van der Waals surface area contributed by atoms with Crippen LogP contribution in [0.4, 0.5) is 10.5 Å². The highest BCUT2D eigenvalue weighted by Gasteiger charge is 2.23. The summed E-state index contributed by atoms with van der Waals surface area (Å²) in [5.41, 5.74) is 1.89. The second-order valence-electron chi connectivity index (χ2n) is 6.17. The first-order chi connectivity index (χ1) is 12.5. The number of piperidine rings is 1. The molecule has 8 heteroatoms. The molecular formula is C18H19N3O5. The number of benzene rings is 1. The van der Waals surface area contributed by atoms with Crippen molar-refractivity contribution in [2.24, 2.45) is 0 Å². The number of carbonyl (C=O) groups is 1. The third kappa shape index (κ3) is 4.27. The summed E-state index contributed by atoms with van der Waals surface area (Å²) in [6.07, 6.45) is 2.55. The molecule has 0 atom stereocenters. The summed E-state index contributed by atoms with van der Waals surface area (Å²) < 4.78 is 5.60. The molecule has 136 valence electrons. The van der Waals surface area contributed by atoms with Crippen molar-refractivity contribution in [3.8, 4) is 5.75 Å². The number of rotatable bonds is 5. The predicted molar refractivity (Wildman–Crippen MR) is 93.2 cm³/mol. The van der Waals surface area contributed by atoms with Crippen molar-refractivity contribution < 1.29 is 19.6 Å². The standard InChI is InChI=1S/C18H19N3O5/c22-18(23)20-9-7-13(8-10-20)14-1-2-15(19-11-14)12-26-17-5-3-16(4-6-17)21(24)25/h1-6,11,13H,7-10,12H2,(H,22,23). The molecule has 1 aliphatic heterocycles. The largest absolute Gasteiger partial charge is 0.487 e. The minimum absolute atomic E-state index is 0.0220. The zero-order valence-corrected chi connectivity index (χ0v) is 14.1. The van der Waals surface area contributed by atoms with Gasteiger partial charge < -0.3 is 14.7 Å². The molecule has 1 fully saturated rings. The molecule has 8 nitrogen and oxygen atoms in total. The van der Waals surface area contributed by atoms with Gasteiger partial charge in [0.1, 0.15) is 12.4 Å². The van der Waals surface area contributed by atoms with Crippen LogP contribution < -0.4 is 4.74 Å². The molecule has 1 saturated heterocycles. The highest BCUT2D eigenvalue weighted by molar-refractivity contribution is 5.65. The van der Waals surface area contributed by atoms with Crippen LogP contribution >= 0.6 is 0 Å². The molecule has 3 rings (SSSR count). The van der Waals surface area contributed by atoms with Crippen molar-refractivity contribution in [1.82, 2.24) is 9.88 Å². The molecule has 0 aliphatic carbocycles. The summed E-state index contributed by atoms with van der Waals surface area (Å²) in [5, 5.41) is 19.6. The Bertz CT molecular complexity index is 768. The average Bonchev–Trinajstić information content (AvgIpc) is 2.67. The number of likely N-dealkylation sites (tertiary alicyclic amines) is 1. The molecule has 1 N–H and O–H groups in total. The summed E-state index contributed by atoms with van der Waals surface area (Å²) in [6.45, 7) is 1.37. The Hall–Kier alpha value is -3.16. The quantitative estimate of drug-likeness (QED) is 0.649. The van der Waals surface area contributed by atoms with Gasteiger partial charge in [-0.3, -0.25) is 15.1 Å². The molecule has 1 aliphatic rings. The first-order valence-corrected chi connectivity index (χ1v) is 8.33. The van der Waals surface area contributed by atoms with E-state index in [-0.39, 0.29) is 12.3 Å². The minimum Gasteiger partial charge on any atom is -0.487 e. The number of ether oxygens (including phenoxy) is 1. The lowest BCUT2D eigenvalue weighted by Gasteiger charge is -2.30. The Kier molecular flexibility index (Phi) is 5.31. The number of nitro groups is 1. The zero-order chi connectivity index (χ0) is 18.5. The second-order valence-corrected chi connectivity index (χ2v) is 6.17. The van der Waals surface area contributed by atoms with Crippen LogP contribution in [0.1, 0.15) is 30.0 Å². The summed E-state index contributed by atoms with van der Waals surface area (Å²) >= 11 is 0. The number of nitro benzene ring substituents is 1. The topological polar surface area (TPSA) is 106 Å². The number of aromatic nitrogens is 1. The highest BCUT2D eigenvalue weighted by atomic mass is 16.6. The van der Waals surface area contributed by atoms with Crippen molar-refractivity contribution in [3.63, 3.8) is 0 Å². The number of carboxylic acid groups (broad SMARTS) is 1. The van der Waals surface area contributed by atoms with E-state index in [9.17, 15) is 14.9 Å². The van der Waals surface area contributed by atoms with Gasteiger partial charge in [0, 0.05) is 31.4 Å². The van der Waals surface area contributed by atoms with Gasteiger partial charge in [-0.25, -0.2) is 4.79 Å². The van der Waals surface area contributed by atoms with Crippen LogP contribution in [0.25, 0.3) is 0 Å². The van der Waals surface area contributed by atoms with E-state index < -0.39 is 11.0 Å². The molecule has 0 radical (unpaired) electrons. The Balaban J connectivity index is 1.53. The van der Waals surface area contributed by atoms with Crippen LogP contribution in [0.5, 0.6) is 5.75 Å². The second kappa shape index (κ2) is 7.81. The smallest absolute Gasteiger partial charge is 0.407 e. The summed E-state index contributed by atoms with van der Waals surface area (Å²) in [4.78, 5) is 27.0. The van der Waals surface area contributed by atoms with E-state index in [0.29, 0.717) is 24.8 Å². The fourth-order valence-corrected chi connectivity index (χ4v) is 2.99. The van der Waals surface area contributed by atoms with Crippen molar-refractivity contribution in [2.75, 3.05) is 13.1 Å². The molecular weight excluding hydrogens is 338 g/mol. The van der Waals surface area contributed by atoms with Crippen LogP contribution in [0.15, 0.2) is 42.6 Å². The maximum atomic E-state index is 10.9. The van der Waals surface area contributed by atoms with E-state index in [2.05, 4.69) is 4.98 Å². The Labute approximate surface area is 150 Å². The number of pyridine rings is 1. The van der Waals surface area contributed by atoms with Gasteiger partial charge in [-0.1, -0.05) is 6.07 Å². The molecule has 0 saturated carbocycles. The molecule has 1 aromatic carbocycles.